The van der Waals surface area contributed by atoms with Crippen molar-refractivity contribution < 1.29 is 18.0 Å². The summed E-state index contributed by atoms with van der Waals surface area (Å²) in [7, 11) is 1.89. The minimum Gasteiger partial charge on any atom is -0.337 e. The lowest BCUT2D eigenvalue weighted by atomic mass is 9.94. The molecule has 2 aromatic carbocycles. The molecule has 2 aliphatic heterocycles. The Morgan fingerprint density at radius 2 is 1.82 bits per heavy atom. The van der Waals surface area contributed by atoms with Gasteiger partial charge in [0.05, 0.1) is 22.0 Å². The fourth-order valence-electron chi connectivity index (χ4n) is 4.44. The Hall–Kier alpha value is -2.10. The molecule has 0 atom stereocenters. The van der Waals surface area contributed by atoms with E-state index in [0.29, 0.717) is 15.1 Å². The van der Waals surface area contributed by atoms with Gasteiger partial charge < -0.3 is 4.90 Å². The van der Waals surface area contributed by atoms with Crippen molar-refractivity contribution in [1.29, 1.82) is 0 Å². The topological polar surface area (TPSA) is 35.9 Å². The summed E-state index contributed by atoms with van der Waals surface area (Å²) in [6.07, 6.45) is 0.404. The number of fused-ring (bicyclic) bond motifs is 1. The lowest BCUT2D eigenvalue weighted by Crippen LogP contribution is -2.40. The Kier molecular flexibility index (Phi) is 6.37. The van der Waals surface area contributed by atoms with E-state index in [9.17, 15) is 18.0 Å². The van der Waals surface area contributed by atoms with E-state index in [1.165, 1.54) is 35.7 Å². The van der Waals surface area contributed by atoms with Gasteiger partial charge in [-0.2, -0.15) is 13.2 Å². The zero-order chi connectivity index (χ0) is 24.0. The maximum Gasteiger partial charge on any atom is 0.416 e. The van der Waals surface area contributed by atoms with Crippen LogP contribution in [0.4, 0.5) is 24.5 Å². The highest BCUT2D eigenvalue weighted by atomic mass is 35.5. The Balaban J connectivity index is 1.56. The third kappa shape index (κ3) is 4.45. The second-order valence-electron chi connectivity index (χ2n) is 8.42. The van der Waals surface area contributed by atoms with Gasteiger partial charge in [-0.15, -0.1) is 0 Å². The molecule has 178 valence electrons. The first-order chi connectivity index (χ1) is 16.2. The lowest BCUT2D eigenvalue weighted by molar-refractivity contribution is -0.137. The van der Waals surface area contributed by atoms with Gasteiger partial charge in [0.25, 0.3) is 5.91 Å². The normalized spacial score (nSPS) is 22.7. The van der Waals surface area contributed by atoms with Crippen molar-refractivity contribution in [2.75, 3.05) is 11.9 Å². The molecule has 2 heterocycles. The number of alkyl halides is 3. The Morgan fingerprint density at radius 3 is 2.56 bits per heavy atom. The molecule has 0 unspecified atom stereocenters. The fourth-order valence-corrected chi connectivity index (χ4v) is 6.99. The lowest BCUT2D eigenvalue weighted by Gasteiger charge is -2.30. The molecule has 10 heteroatoms. The average Bonchev–Trinajstić information content (AvgIpc) is 3.30. The standard InChI is InChI=1S/C24H21ClF3N3OS2/c1-30-18-13-15(25)10-11-19(18)33-22(30)20-21(32)31(17-8-3-2-4-9-17)23(34-20)29-16-7-5-6-14(12-16)24(26,27)28/h5-7,10-13,17H,2-4,8-9H2,1H3. The van der Waals surface area contributed by atoms with Crippen molar-refractivity contribution in [2.24, 2.45) is 4.99 Å². The van der Waals surface area contributed by atoms with E-state index in [-0.39, 0.29) is 17.6 Å². The maximum absolute atomic E-state index is 13.7. The van der Waals surface area contributed by atoms with Gasteiger partial charge in [-0.25, -0.2) is 4.99 Å². The van der Waals surface area contributed by atoms with E-state index in [4.69, 9.17) is 11.6 Å². The summed E-state index contributed by atoms with van der Waals surface area (Å²) < 4.78 is 39.7. The number of carbonyl (C=O) groups excluding carboxylic acids is 1. The zero-order valence-corrected chi connectivity index (χ0v) is 20.6. The van der Waals surface area contributed by atoms with E-state index in [2.05, 4.69) is 4.99 Å². The first-order valence-electron chi connectivity index (χ1n) is 10.9. The number of thioether (sulfide) groups is 2. The third-order valence-electron chi connectivity index (χ3n) is 6.14. The van der Waals surface area contributed by atoms with Crippen LogP contribution < -0.4 is 4.90 Å². The number of amidine groups is 1. The molecule has 2 fully saturated rings. The van der Waals surface area contributed by atoms with Crippen molar-refractivity contribution in [2.45, 2.75) is 49.2 Å². The Morgan fingerprint density at radius 1 is 1.06 bits per heavy atom. The number of amides is 1. The number of anilines is 1. The fraction of sp³-hybridized carbons (Fsp3) is 0.333. The molecular formula is C24H21ClF3N3OS2. The molecule has 0 N–H and O–H groups in total. The number of benzene rings is 2. The Labute approximate surface area is 209 Å². The SMILES string of the molecule is CN1C(=C2SC(=Nc3cccc(C(F)(F)F)c3)N(C3CCCCC3)C2=O)Sc2ccc(Cl)cc21. The second kappa shape index (κ2) is 9.17. The first kappa shape index (κ1) is 23.6. The first-order valence-corrected chi connectivity index (χ1v) is 13.0. The van der Waals surface area contributed by atoms with Gasteiger partial charge in [-0.3, -0.25) is 9.69 Å². The number of nitrogens with zero attached hydrogens (tertiary/aromatic N) is 3. The summed E-state index contributed by atoms with van der Waals surface area (Å²) in [6, 6.07) is 10.5. The molecule has 4 nitrogen and oxygen atoms in total. The molecule has 0 radical (unpaired) electrons. The van der Waals surface area contributed by atoms with Crippen molar-refractivity contribution in [1.82, 2.24) is 4.90 Å². The smallest absolute Gasteiger partial charge is 0.337 e. The van der Waals surface area contributed by atoms with Crippen molar-refractivity contribution in [3.8, 4) is 0 Å². The largest absolute Gasteiger partial charge is 0.416 e. The van der Waals surface area contributed by atoms with Gasteiger partial charge in [-0.1, -0.05) is 48.7 Å². The van der Waals surface area contributed by atoms with Crippen LogP contribution in [0.25, 0.3) is 0 Å². The number of hydrogen-bond acceptors (Lipinski definition) is 5. The van der Waals surface area contributed by atoms with Gasteiger partial charge in [0.2, 0.25) is 0 Å². The van der Waals surface area contributed by atoms with E-state index < -0.39 is 11.7 Å². The van der Waals surface area contributed by atoms with Gasteiger partial charge in [0, 0.05) is 23.0 Å². The summed E-state index contributed by atoms with van der Waals surface area (Å²) >= 11 is 8.90. The van der Waals surface area contributed by atoms with Crippen molar-refractivity contribution in [3.05, 3.63) is 63.0 Å². The van der Waals surface area contributed by atoms with E-state index >= 15 is 0 Å². The van der Waals surface area contributed by atoms with Crippen molar-refractivity contribution >= 4 is 57.6 Å². The van der Waals surface area contributed by atoms with Crippen LogP contribution in [0.2, 0.25) is 5.02 Å². The van der Waals surface area contributed by atoms with Gasteiger partial charge in [0.1, 0.15) is 4.91 Å². The van der Waals surface area contributed by atoms with Crippen LogP contribution in [-0.2, 0) is 11.0 Å². The van der Waals surface area contributed by atoms with Crippen LogP contribution >= 0.6 is 35.1 Å². The minimum atomic E-state index is -4.46. The molecule has 3 aliphatic rings. The maximum atomic E-state index is 13.7. The molecule has 0 bridgehead atoms. The quantitative estimate of drug-likeness (QED) is 0.378. The average molecular weight is 524 g/mol. The number of halogens is 4. The molecule has 5 rings (SSSR count). The molecule has 1 aliphatic carbocycles. The highest BCUT2D eigenvalue weighted by molar-refractivity contribution is 8.19. The number of rotatable bonds is 2. The van der Waals surface area contributed by atoms with Crippen LogP contribution in [0, 0.1) is 0 Å². The summed E-state index contributed by atoms with van der Waals surface area (Å²) in [5.41, 5.74) is 0.338. The molecule has 0 aromatic heterocycles. The summed E-state index contributed by atoms with van der Waals surface area (Å²) in [4.78, 5) is 23.4. The zero-order valence-electron chi connectivity index (χ0n) is 18.2. The van der Waals surface area contributed by atoms with E-state index in [1.54, 1.807) is 4.90 Å². The van der Waals surface area contributed by atoms with Crippen LogP contribution in [0.3, 0.4) is 0 Å². The van der Waals surface area contributed by atoms with Gasteiger partial charge in [-0.05, 0) is 61.0 Å². The molecule has 1 amide bonds. The molecule has 2 aromatic rings. The summed E-state index contributed by atoms with van der Waals surface area (Å²) in [6.45, 7) is 0. The molecule has 34 heavy (non-hydrogen) atoms. The Bertz CT molecular complexity index is 1210. The molecule has 1 saturated carbocycles. The molecule has 0 spiro atoms. The minimum absolute atomic E-state index is 0.00933. The molecular weight excluding hydrogens is 503 g/mol. The van der Waals surface area contributed by atoms with Crippen LogP contribution in [0.5, 0.6) is 0 Å². The van der Waals surface area contributed by atoms with Crippen LogP contribution in [0.1, 0.15) is 37.7 Å². The third-order valence-corrected chi connectivity index (χ3v) is 8.78. The molecule has 1 saturated heterocycles. The predicted molar refractivity (Wildman–Crippen MR) is 133 cm³/mol. The number of hydrogen-bond donors (Lipinski definition) is 0. The van der Waals surface area contributed by atoms with E-state index in [1.807, 2.05) is 30.1 Å². The van der Waals surface area contributed by atoms with Crippen LogP contribution in [-0.4, -0.2) is 29.1 Å². The highest BCUT2D eigenvalue weighted by Crippen LogP contribution is 2.51. The van der Waals surface area contributed by atoms with Gasteiger partial charge >= 0.3 is 6.18 Å². The summed E-state index contributed by atoms with van der Waals surface area (Å²) in [5, 5.41) is 1.82. The number of aliphatic imine (C=N–C) groups is 1. The highest BCUT2D eigenvalue weighted by Gasteiger charge is 2.42. The van der Waals surface area contributed by atoms with E-state index in [0.717, 1.165) is 59.8 Å². The number of carbonyl (C=O) groups is 1. The predicted octanol–water partition coefficient (Wildman–Crippen LogP) is 7.67. The second-order valence-corrected chi connectivity index (χ2v) is 10.9. The monoisotopic (exact) mass is 523 g/mol. The van der Waals surface area contributed by atoms with Gasteiger partial charge in [0.15, 0.2) is 5.17 Å². The van der Waals surface area contributed by atoms with Crippen LogP contribution in [0.15, 0.2) is 62.3 Å². The van der Waals surface area contributed by atoms with Crippen molar-refractivity contribution in [3.63, 3.8) is 0 Å². The summed E-state index contributed by atoms with van der Waals surface area (Å²) in [5.74, 6) is -0.143.